The second-order valence-electron chi connectivity index (χ2n) is 5.45. The van der Waals surface area contributed by atoms with Crippen molar-refractivity contribution in [3.8, 4) is 0 Å². The number of nitrogens with one attached hydrogen (secondary N) is 1. The van der Waals surface area contributed by atoms with Gasteiger partial charge in [-0.25, -0.2) is 0 Å². The SMILES string of the molecule is O=C(CNCC1CC1)N1CC2CCC1C2. The lowest BCUT2D eigenvalue weighted by molar-refractivity contribution is -0.131. The van der Waals surface area contributed by atoms with Crippen molar-refractivity contribution in [1.82, 2.24) is 10.2 Å². The zero-order chi connectivity index (χ0) is 10.3. The van der Waals surface area contributed by atoms with E-state index in [-0.39, 0.29) is 0 Å². The number of amides is 1. The van der Waals surface area contributed by atoms with E-state index in [2.05, 4.69) is 10.2 Å². The van der Waals surface area contributed by atoms with Crippen LogP contribution in [-0.4, -0.2) is 36.5 Å². The first-order valence-electron chi connectivity index (χ1n) is 6.33. The van der Waals surface area contributed by atoms with Gasteiger partial charge >= 0.3 is 0 Å². The van der Waals surface area contributed by atoms with Gasteiger partial charge < -0.3 is 10.2 Å². The van der Waals surface area contributed by atoms with Gasteiger partial charge in [0.25, 0.3) is 0 Å². The monoisotopic (exact) mass is 208 g/mol. The molecule has 0 radical (unpaired) electrons. The Bertz CT molecular complexity index is 262. The van der Waals surface area contributed by atoms with E-state index in [1.165, 1.54) is 32.1 Å². The van der Waals surface area contributed by atoms with Gasteiger partial charge in [-0.2, -0.15) is 0 Å². The molecule has 1 saturated heterocycles. The summed E-state index contributed by atoms with van der Waals surface area (Å²) < 4.78 is 0. The van der Waals surface area contributed by atoms with Crippen LogP contribution in [-0.2, 0) is 4.79 Å². The molecule has 1 N–H and O–H groups in total. The minimum atomic E-state index is 0.336. The van der Waals surface area contributed by atoms with Gasteiger partial charge in [-0.15, -0.1) is 0 Å². The van der Waals surface area contributed by atoms with Gasteiger partial charge in [0.05, 0.1) is 6.54 Å². The molecule has 0 aromatic carbocycles. The van der Waals surface area contributed by atoms with Crippen LogP contribution in [0.15, 0.2) is 0 Å². The van der Waals surface area contributed by atoms with E-state index in [4.69, 9.17) is 0 Å². The minimum Gasteiger partial charge on any atom is -0.338 e. The van der Waals surface area contributed by atoms with Crippen molar-refractivity contribution < 1.29 is 4.79 Å². The van der Waals surface area contributed by atoms with E-state index in [1.807, 2.05) is 0 Å². The second-order valence-corrected chi connectivity index (χ2v) is 5.45. The first kappa shape index (κ1) is 9.64. The van der Waals surface area contributed by atoms with Crippen LogP contribution >= 0.6 is 0 Å². The largest absolute Gasteiger partial charge is 0.338 e. The van der Waals surface area contributed by atoms with Crippen LogP contribution in [0, 0.1) is 11.8 Å². The highest BCUT2D eigenvalue weighted by atomic mass is 16.2. The van der Waals surface area contributed by atoms with Crippen LogP contribution in [0.1, 0.15) is 32.1 Å². The Labute approximate surface area is 91.2 Å². The Kier molecular flexibility index (Phi) is 2.43. The molecule has 3 aliphatic rings. The molecule has 0 aromatic heterocycles. The van der Waals surface area contributed by atoms with Gasteiger partial charge in [-0.05, 0) is 50.5 Å². The van der Waals surface area contributed by atoms with E-state index in [0.29, 0.717) is 18.5 Å². The number of carbonyl (C=O) groups excluding carboxylic acids is 1. The second kappa shape index (κ2) is 3.78. The summed E-state index contributed by atoms with van der Waals surface area (Å²) in [6.07, 6.45) is 6.59. The third kappa shape index (κ3) is 2.03. The van der Waals surface area contributed by atoms with Crippen LogP contribution < -0.4 is 5.32 Å². The van der Waals surface area contributed by atoms with Crippen LogP contribution in [0.4, 0.5) is 0 Å². The quantitative estimate of drug-likeness (QED) is 0.747. The number of likely N-dealkylation sites (tertiary alicyclic amines) is 1. The number of fused-ring (bicyclic) bond motifs is 2. The standard InChI is InChI=1S/C12H20N2O/c15-12(7-13-6-9-1-2-9)14-8-10-3-4-11(14)5-10/h9-11,13H,1-8H2. The number of hydrogen-bond donors (Lipinski definition) is 1. The van der Waals surface area contributed by atoms with Crippen LogP contribution in [0.5, 0.6) is 0 Å². The Morgan fingerprint density at radius 3 is 2.73 bits per heavy atom. The van der Waals surface area contributed by atoms with Crippen molar-refractivity contribution in [3.05, 3.63) is 0 Å². The third-order valence-electron chi connectivity index (χ3n) is 4.14. The summed E-state index contributed by atoms with van der Waals surface area (Å²) in [5.74, 6) is 2.03. The van der Waals surface area contributed by atoms with Gasteiger partial charge in [-0.1, -0.05) is 0 Å². The number of nitrogens with zero attached hydrogens (tertiary/aromatic N) is 1. The lowest BCUT2D eigenvalue weighted by atomic mass is 10.1. The fourth-order valence-electron chi connectivity index (χ4n) is 3.04. The van der Waals surface area contributed by atoms with Crippen molar-refractivity contribution in [2.75, 3.05) is 19.6 Å². The van der Waals surface area contributed by atoms with E-state index in [0.717, 1.165) is 24.9 Å². The zero-order valence-electron chi connectivity index (χ0n) is 9.24. The summed E-state index contributed by atoms with van der Waals surface area (Å²) >= 11 is 0. The summed E-state index contributed by atoms with van der Waals surface area (Å²) in [6, 6.07) is 0.588. The van der Waals surface area contributed by atoms with Crippen molar-refractivity contribution in [1.29, 1.82) is 0 Å². The van der Waals surface area contributed by atoms with Crippen molar-refractivity contribution in [2.45, 2.75) is 38.1 Å². The molecule has 1 aliphatic heterocycles. The molecule has 3 fully saturated rings. The molecular weight excluding hydrogens is 188 g/mol. The molecular formula is C12H20N2O. The highest BCUT2D eigenvalue weighted by Gasteiger charge is 2.39. The van der Waals surface area contributed by atoms with Gasteiger partial charge in [-0.3, -0.25) is 4.79 Å². The average molecular weight is 208 g/mol. The first-order valence-corrected chi connectivity index (χ1v) is 6.33. The maximum absolute atomic E-state index is 11.9. The fraction of sp³-hybridized carbons (Fsp3) is 0.917. The number of rotatable bonds is 4. The maximum atomic E-state index is 11.9. The topological polar surface area (TPSA) is 32.3 Å². The molecule has 2 bridgehead atoms. The van der Waals surface area contributed by atoms with Crippen molar-refractivity contribution in [3.63, 3.8) is 0 Å². The average Bonchev–Trinajstić information content (AvgIpc) is 2.83. The summed E-state index contributed by atoms with van der Waals surface area (Å²) in [5.41, 5.74) is 0. The highest BCUT2D eigenvalue weighted by Crippen LogP contribution is 2.37. The molecule has 2 aliphatic carbocycles. The molecule has 15 heavy (non-hydrogen) atoms. The van der Waals surface area contributed by atoms with Crippen molar-refractivity contribution >= 4 is 5.91 Å². The first-order chi connectivity index (χ1) is 7.33. The summed E-state index contributed by atoms with van der Waals surface area (Å²) in [6.45, 7) is 2.65. The number of piperidine rings is 1. The maximum Gasteiger partial charge on any atom is 0.236 e. The molecule has 84 valence electrons. The summed E-state index contributed by atoms with van der Waals surface area (Å²) in [7, 11) is 0. The predicted octanol–water partition coefficient (Wildman–Crippen LogP) is 0.997. The Balaban J connectivity index is 1.43. The van der Waals surface area contributed by atoms with Crippen molar-refractivity contribution in [2.24, 2.45) is 11.8 Å². The zero-order valence-corrected chi connectivity index (χ0v) is 9.24. The molecule has 2 saturated carbocycles. The Morgan fingerprint density at radius 2 is 2.13 bits per heavy atom. The van der Waals surface area contributed by atoms with Crippen LogP contribution in [0.3, 0.4) is 0 Å². The molecule has 2 atom stereocenters. The van der Waals surface area contributed by atoms with Crippen LogP contribution in [0.25, 0.3) is 0 Å². The third-order valence-corrected chi connectivity index (χ3v) is 4.14. The highest BCUT2D eigenvalue weighted by molar-refractivity contribution is 5.79. The summed E-state index contributed by atoms with van der Waals surface area (Å²) in [5, 5.41) is 3.29. The lowest BCUT2D eigenvalue weighted by Crippen LogP contribution is -2.42. The number of carbonyl (C=O) groups is 1. The van der Waals surface area contributed by atoms with Gasteiger partial charge in [0.15, 0.2) is 0 Å². The molecule has 0 spiro atoms. The molecule has 3 rings (SSSR count). The van der Waals surface area contributed by atoms with E-state index >= 15 is 0 Å². The molecule has 0 aromatic rings. The normalized spacial score (nSPS) is 33.7. The van der Waals surface area contributed by atoms with Crippen LogP contribution in [0.2, 0.25) is 0 Å². The fourth-order valence-corrected chi connectivity index (χ4v) is 3.04. The molecule has 3 heteroatoms. The molecule has 3 nitrogen and oxygen atoms in total. The molecule has 1 heterocycles. The van der Waals surface area contributed by atoms with E-state index in [1.54, 1.807) is 0 Å². The molecule has 2 unspecified atom stereocenters. The Morgan fingerprint density at radius 1 is 1.27 bits per heavy atom. The van der Waals surface area contributed by atoms with Gasteiger partial charge in [0, 0.05) is 12.6 Å². The minimum absolute atomic E-state index is 0.336. The van der Waals surface area contributed by atoms with E-state index < -0.39 is 0 Å². The van der Waals surface area contributed by atoms with E-state index in [9.17, 15) is 4.79 Å². The van der Waals surface area contributed by atoms with Gasteiger partial charge in [0.1, 0.15) is 0 Å². The summed E-state index contributed by atoms with van der Waals surface area (Å²) in [4.78, 5) is 14.0. The molecule has 1 amide bonds. The number of hydrogen-bond acceptors (Lipinski definition) is 2. The smallest absolute Gasteiger partial charge is 0.236 e. The Hall–Kier alpha value is -0.570. The van der Waals surface area contributed by atoms with Gasteiger partial charge in [0.2, 0.25) is 5.91 Å². The lowest BCUT2D eigenvalue weighted by Gasteiger charge is -2.27. The predicted molar refractivity (Wildman–Crippen MR) is 58.4 cm³/mol.